The molecule has 1 aliphatic rings. The van der Waals surface area contributed by atoms with Crippen molar-refractivity contribution in [3.63, 3.8) is 0 Å². The van der Waals surface area contributed by atoms with Crippen LogP contribution in [-0.2, 0) is 6.42 Å². The number of hydrogen-bond acceptors (Lipinski definition) is 1. The third kappa shape index (κ3) is 4.26. The minimum atomic E-state index is 0.764. The molecule has 0 aliphatic heterocycles. The molecule has 0 heterocycles. The molecule has 0 spiro atoms. The van der Waals surface area contributed by atoms with Gasteiger partial charge in [-0.3, -0.25) is 0 Å². The summed E-state index contributed by atoms with van der Waals surface area (Å²) in [4.78, 5) is 0. The molecule has 1 nitrogen and oxygen atoms in total. The van der Waals surface area contributed by atoms with Gasteiger partial charge in [0.15, 0.2) is 0 Å². The van der Waals surface area contributed by atoms with E-state index in [2.05, 4.69) is 52.4 Å². The Morgan fingerprint density at radius 2 is 2.25 bits per heavy atom. The van der Waals surface area contributed by atoms with Crippen molar-refractivity contribution in [2.24, 2.45) is 5.92 Å². The van der Waals surface area contributed by atoms with Crippen molar-refractivity contribution in [2.75, 3.05) is 6.54 Å². The molecule has 1 saturated carbocycles. The van der Waals surface area contributed by atoms with Gasteiger partial charge in [0.25, 0.3) is 0 Å². The van der Waals surface area contributed by atoms with Crippen molar-refractivity contribution in [3.8, 4) is 0 Å². The quantitative estimate of drug-likeness (QED) is 0.837. The Labute approximate surface area is 107 Å². The summed E-state index contributed by atoms with van der Waals surface area (Å²) in [6.07, 6.45) is 5.24. The maximum absolute atomic E-state index is 3.58. The third-order valence-corrected chi connectivity index (χ3v) is 3.61. The number of halogens is 1. The maximum atomic E-state index is 3.58. The molecule has 16 heavy (non-hydrogen) atoms. The summed E-state index contributed by atoms with van der Waals surface area (Å²) in [5.41, 5.74) is 1.44. The molecule has 1 fully saturated rings. The molecule has 1 N–H and O–H groups in total. The molecule has 0 saturated heterocycles. The molecule has 1 aromatic rings. The Hall–Kier alpha value is -0.340. The summed E-state index contributed by atoms with van der Waals surface area (Å²) in [5.74, 6) is 0.764. The zero-order chi connectivity index (χ0) is 11.4. The SMILES string of the molecule is CC(CCNC1CC1)Cc1cccc(Br)c1. The van der Waals surface area contributed by atoms with E-state index >= 15 is 0 Å². The van der Waals surface area contributed by atoms with Crippen molar-refractivity contribution in [1.29, 1.82) is 0 Å². The molecule has 0 aromatic heterocycles. The first-order valence-electron chi connectivity index (χ1n) is 6.22. The molecule has 2 heteroatoms. The highest BCUT2D eigenvalue weighted by molar-refractivity contribution is 9.10. The normalized spacial score (nSPS) is 17.4. The second-order valence-electron chi connectivity index (χ2n) is 4.96. The van der Waals surface area contributed by atoms with Crippen LogP contribution in [0, 0.1) is 5.92 Å². The van der Waals surface area contributed by atoms with Gasteiger partial charge in [-0.2, -0.15) is 0 Å². The molecule has 0 radical (unpaired) electrons. The molecule has 88 valence electrons. The van der Waals surface area contributed by atoms with E-state index in [0.717, 1.165) is 12.0 Å². The zero-order valence-corrected chi connectivity index (χ0v) is 11.5. The molecule has 1 aromatic carbocycles. The first-order valence-corrected chi connectivity index (χ1v) is 7.01. The van der Waals surface area contributed by atoms with Gasteiger partial charge >= 0.3 is 0 Å². The lowest BCUT2D eigenvalue weighted by molar-refractivity contribution is 0.497. The second-order valence-corrected chi connectivity index (χ2v) is 5.87. The van der Waals surface area contributed by atoms with E-state index < -0.39 is 0 Å². The van der Waals surface area contributed by atoms with Gasteiger partial charge in [0.05, 0.1) is 0 Å². The number of benzene rings is 1. The predicted octanol–water partition coefficient (Wildman–Crippen LogP) is 3.77. The smallest absolute Gasteiger partial charge is 0.0177 e. The van der Waals surface area contributed by atoms with Crippen LogP contribution in [0.2, 0.25) is 0 Å². The largest absolute Gasteiger partial charge is 0.314 e. The van der Waals surface area contributed by atoms with Crippen LogP contribution in [0.1, 0.15) is 31.7 Å². The van der Waals surface area contributed by atoms with E-state index in [0.29, 0.717) is 0 Å². The van der Waals surface area contributed by atoms with E-state index in [1.165, 1.54) is 42.3 Å². The molecule has 1 aliphatic carbocycles. The Balaban J connectivity index is 1.70. The van der Waals surface area contributed by atoms with Crippen molar-refractivity contribution in [2.45, 2.75) is 38.6 Å². The van der Waals surface area contributed by atoms with Gasteiger partial charge in [-0.15, -0.1) is 0 Å². The number of nitrogens with one attached hydrogen (secondary N) is 1. The minimum absolute atomic E-state index is 0.764. The third-order valence-electron chi connectivity index (χ3n) is 3.12. The van der Waals surface area contributed by atoms with Crippen LogP contribution in [0.15, 0.2) is 28.7 Å². The fourth-order valence-corrected chi connectivity index (χ4v) is 2.44. The highest BCUT2D eigenvalue weighted by Gasteiger charge is 2.19. The van der Waals surface area contributed by atoms with Crippen LogP contribution in [0.5, 0.6) is 0 Å². The lowest BCUT2D eigenvalue weighted by atomic mass is 9.98. The van der Waals surface area contributed by atoms with Crippen LogP contribution in [-0.4, -0.2) is 12.6 Å². The zero-order valence-electron chi connectivity index (χ0n) is 9.88. The summed E-state index contributed by atoms with van der Waals surface area (Å²) in [7, 11) is 0. The van der Waals surface area contributed by atoms with E-state index in [1.54, 1.807) is 0 Å². The maximum Gasteiger partial charge on any atom is 0.0177 e. The van der Waals surface area contributed by atoms with Crippen molar-refractivity contribution in [3.05, 3.63) is 34.3 Å². The highest BCUT2D eigenvalue weighted by Crippen LogP contribution is 2.20. The van der Waals surface area contributed by atoms with Gasteiger partial charge in [0.1, 0.15) is 0 Å². The van der Waals surface area contributed by atoms with Crippen LogP contribution >= 0.6 is 15.9 Å². The monoisotopic (exact) mass is 281 g/mol. The van der Waals surface area contributed by atoms with E-state index in [-0.39, 0.29) is 0 Å². The lowest BCUT2D eigenvalue weighted by Crippen LogP contribution is -2.20. The highest BCUT2D eigenvalue weighted by atomic mass is 79.9. The Morgan fingerprint density at radius 3 is 2.94 bits per heavy atom. The van der Waals surface area contributed by atoms with Crippen LogP contribution in [0.4, 0.5) is 0 Å². The summed E-state index contributed by atoms with van der Waals surface area (Å²) in [6, 6.07) is 9.50. The Kier molecular flexibility index (Phi) is 4.42. The van der Waals surface area contributed by atoms with Gasteiger partial charge in [-0.05, 0) is 55.8 Å². The molecule has 1 atom stereocenters. The van der Waals surface area contributed by atoms with Crippen molar-refractivity contribution >= 4 is 15.9 Å². The van der Waals surface area contributed by atoms with Gasteiger partial charge in [-0.25, -0.2) is 0 Å². The topological polar surface area (TPSA) is 12.0 Å². The van der Waals surface area contributed by atoms with Gasteiger partial charge < -0.3 is 5.32 Å². The fourth-order valence-electron chi connectivity index (χ4n) is 1.99. The lowest BCUT2D eigenvalue weighted by Gasteiger charge is -2.12. The van der Waals surface area contributed by atoms with Crippen LogP contribution < -0.4 is 5.32 Å². The molecule has 0 amide bonds. The van der Waals surface area contributed by atoms with E-state index in [4.69, 9.17) is 0 Å². The minimum Gasteiger partial charge on any atom is -0.314 e. The molecule has 1 unspecified atom stereocenters. The van der Waals surface area contributed by atoms with Gasteiger partial charge in [0, 0.05) is 10.5 Å². The van der Waals surface area contributed by atoms with E-state index in [9.17, 15) is 0 Å². The summed E-state index contributed by atoms with van der Waals surface area (Å²) in [5, 5.41) is 3.58. The summed E-state index contributed by atoms with van der Waals surface area (Å²) < 4.78 is 1.19. The number of rotatable bonds is 6. The van der Waals surface area contributed by atoms with Gasteiger partial charge in [0.2, 0.25) is 0 Å². The average Bonchev–Trinajstić information content (AvgIpc) is 3.01. The van der Waals surface area contributed by atoms with E-state index in [1.807, 2.05) is 0 Å². The second kappa shape index (κ2) is 5.83. The van der Waals surface area contributed by atoms with Crippen LogP contribution in [0.25, 0.3) is 0 Å². The summed E-state index contributed by atoms with van der Waals surface area (Å²) >= 11 is 3.52. The first kappa shape index (κ1) is 12.1. The molecule has 2 rings (SSSR count). The Morgan fingerprint density at radius 1 is 1.44 bits per heavy atom. The average molecular weight is 282 g/mol. The molecular weight excluding hydrogens is 262 g/mol. The van der Waals surface area contributed by atoms with Gasteiger partial charge in [-0.1, -0.05) is 35.0 Å². The molecular formula is C14H20BrN. The number of hydrogen-bond donors (Lipinski definition) is 1. The Bertz CT molecular complexity index is 333. The van der Waals surface area contributed by atoms with Crippen molar-refractivity contribution < 1.29 is 0 Å². The predicted molar refractivity (Wildman–Crippen MR) is 72.7 cm³/mol. The first-order chi connectivity index (χ1) is 7.74. The van der Waals surface area contributed by atoms with Crippen molar-refractivity contribution in [1.82, 2.24) is 5.32 Å². The standard InChI is InChI=1S/C14H20BrN/c1-11(7-8-16-14-5-6-14)9-12-3-2-4-13(15)10-12/h2-4,10-11,14,16H,5-9H2,1H3. The fraction of sp³-hybridized carbons (Fsp3) is 0.571. The molecule has 0 bridgehead atoms. The summed E-state index contributed by atoms with van der Waals surface area (Å²) in [6.45, 7) is 3.52. The van der Waals surface area contributed by atoms with Crippen LogP contribution in [0.3, 0.4) is 0 Å².